The number of likely N-dealkylation sites (tertiary alicyclic amines) is 1. The summed E-state index contributed by atoms with van der Waals surface area (Å²) in [5, 5.41) is 22.2. The molecule has 2 atom stereocenters. The molecule has 5 nitrogen and oxygen atoms in total. The summed E-state index contributed by atoms with van der Waals surface area (Å²) in [6.45, 7) is 1.44. The first kappa shape index (κ1) is 17.0. The first-order valence-electron chi connectivity index (χ1n) is 7.76. The van der Waals surface area contributed by atoms with Gasteiger partial charge in [-0.2, -0.15) is 0 Å². The van der Waals surface area contributed by atoms with Gasteiger partial charge in [0.25, 0.3) is 0 Å². The van der Waals surface area contributed by atoms with Crippen LogP contribution in [0.3, 0.4) is 0 Å². The first-order chi connectivity index (χ1) is 11.5. The number of nitrogens with zero attached hydrogens (tertiary/aromatic N) is 2. The van der Waals surface area contributed by atoms with Crippen molar-refractivity contribution in [1.29, 1.82) is 0 Å². The van der Waals surface area contributed by atoms with Crippen LogP contribution in [0.2, 0.25) is 0 Å². The van der Waals surface area contributed by atoms with E-state index in [1.54, 1.807) is 18.3 Å². The Bertz CT molecular complexity index is 710. The standard InChI is InChI=1S/C17H19FN2O3S/c18-14-3-1-2-12(6-14)7-17(16(22)23)11-20(5-4-15(17)21)9-13-8-19-24-10-13/h1-3,6,8,10,15,21H,4-5,7,9,11H2,(H,22,23)/t15-,17+/m0/s1. The van der Waals surface area contributed by atoms with Gasteiger partial charge >= 0.3 is 5.97 Å². The molecule has 1 aromatic carbocycles. The van der Waals surface area contributed by atoms with E-state index in [1.165, 1.54) is 23.7 Å². The zero-order valence-corrected chi connectivity index (χ0v) is 13.9. The van der Waals surface area contributed by atoms with E-state index in [4.69, 9.17) is 0 Å². The summed E-state index contributed by atoms with van der Waals surface area (Å²) in [6.07, 6.45) is 1.28. The average molecular weight is 350 g/mol. The van der Waals surface area contributed by atoms with Gasteiger partial charge in [0.2, 0.25) is 0 Å². The number of carboxylic acid groups (broad SMARTS) is 1. The molecule has 0 aliphatic carbocycles. The van der Waals surface area contributed by atoms with Gasteiger partial charge in [0, 0.05) is 31.2 Å². The van der Waals surface area contributed by atoms with E-state index in [2.05, 4.69) is 4.37 Å². The molecule has 2 aromatic rings. The third kappa shape index (κ3) is 3.48. The highest BCUT2D eigenvalue weighted by Gasteiger charge is 2.49. The van der Waals surface area contributed by atoms with Crippen molar-refractivity contribution in [1.82, 2.24) is 9.27 Å². The van der Waals surface area contributed by atoms with Gasteiger partial charge < -0.3 is 10.2 Å². The minimum atomic E-state index is -1.34. The molecule has 3 rings (SSSR count). The van der Waals surface area contributed by atoms with Gasteiger partial charge in [-0.1, -0.05) is 12.1 Å². The lowest BCUT2D eigenvalue weighted by atomic mass is 9.72. The van der Waals surface area contributed by atoms with Gasteiger partial charge in [0.1, 0.15) is 11.2 Å². The Labute approximate surface area is 143 Å². The number of benzene rings is 1. The number of halogens is 1. The van der Waals surface area contributed by atoms with Gasteiger partial charge in [0.15, 0.2) is 0 Å². The van der Waals surface area contributed by atoms with Crippen LogP contribution < -0.4 is 0 Å². The van der Waals surface area contributed by atoms with Crippen molar-refractivity contribution >= 4 is 17.5 Å². The maximum Gasteiger partial charge on any atom is 0.313 e. The first-order valence-corrected chi connectivity index (χ1v) is 8.60. The molecule has 24 heavy (non-hydrogen) atoms. The van der Waals surface area contributed by atoms with E-state index in [0.717, 1.165) is 5.56 Å². The SMILES string of the molecule is O=C(O)[C@]1(Cc2cccc(F)c2)CN(Cc2cnsc2)CC[C@@H]1O. The molecule has 128 valence electrons. The molecule has 1 aromatic heterocycles. The smallest absolute Gasteiger partial charge is 0.313 e. The monoisotopic (exact) mass is 350 g/mol. The number of piperidine rings is 1. The Kier molecular flexibility index (Phi) is 4.93. The van der Waals surface area contributed by atoms with Gasteiger partial charge in [0.05, 0.1) is 6.10 Å². The van der Waals surface area contributed by atoms with Crippen LogP contribution in [-0.4, -0.2) is 44.6 Å². The number of aliphatic hydroxyl groups excluding tert-OH is 1. The number of carboxylic acids is 1. The van der Waals surface area contributed by atoms with Crippen molar-refractivity contribution in [2.24, 2.45) is 5.41 Å². The van der Waals surface area contributed by atoms with Crippen LogP contribution in [0, 0.1) is 11.2 Å². The van der Waals surface area contributed by atoms with Crippen LogP contribution >= 0.6 is 11.5 Å². The molecule has 0 unspecified atom stereocenters. The second kappa shape index (κ2) is 6.96. The number of carbonyl (C=O) groups is 1. The van der Waals surface area contributed by atoms with E-state index in [1.807, 2.05) is 10.3 Å². The third-order valence-electron chi connectivity index (χ3n) is 4.59. The molecule has 2 heterocycles. The molecule has 0 spiro atoms. The van der Waals surface area contributed by atoms with Crippen molar-refractivity contribution in [2.45, 2.75) is 25.5 Å². The van der Waals surface area contributed by atoms with Crippen LogP contribution in [0.4, 0.5) is 4.39 Å². The van der Waals surface area contributed by atoms with Crippen molar-refractivity contribution in [2.75, 3.05) is 13.1 Å². The quantitative estimate of drug-likeness (QED) is 0.864. The van der Waals surface area contributed by atoms with Crippen LogP contribution in [0.5, 0.6) is 0 Å². The predicted octanol–water partition coefficient (Wildman–Crippen LogP) is 2.16. The Morgan fingerprint density at radius 3 is 2.96 bits per heavy atom. The number of aliphatic carboxylic acids is 1. The van der Waals surface area contributed by atoms with Crippen LogP contribution in [-0.2, 0) is 17.8 Å². The molecule has 1 fully saturated rings. The summed E-state index contributed by atoms with van der Waals surface area (Å²) in [7, 11) is 0. The lowest BCUT2D eigenvalue weighted by molar-refractivity contribution is -0.163. The molecule has 1 aliphatic heterocycles. The van der Waals surface area contributed by atoms with Crippen molar-refractivity contribution in [3.63, 3.8) is 0 Å². The topological polar surface area (TPSA) is 73.7 Å². The summed E-state index contributed by atoms with van der Waals surface area (Å²) in [5.74, 6) is -1.45. The van der Waals surface area contributed by atoms with Gasteiger partial charge in [-0.25, -0.2) is 8.76 Å². The highest BCUT2D eigenvalue weighted by molar-refractivity contribution is 7.03. The minimum Gasteiger partial charge on any atom is -0.481 e. The highest BCUT2D eigenvalue weighted by atomic mass is 32.1. The van der Waals surface area contributed by atoms with Crippen molar-refractivity contribution in [3.05, 3.63) is 52.8 Å². The normalized spacial score (nSPS) is 24.8. The largest absolute Gasteiger partial charge is 0.481 e. The maximum atomic E-state index is 13.4. The summed E-state index contributed by atoms with van der Waals surface area (Å²) in [4.78, 5) is 14.1. The predicted molar refractivity (Wildman–Crippen MR) is 88.2 cm³/mol. The number of hydrogen-bond donors (Lipinski definition) is 2. The van der Waals surface area contributed by atoms with Crippen LogP contribution in [0.25, 0.3) is 0 Å². The fourth-order valence-corrected chi connectivity index (χ4v) is 3.86. The summed E-state index contributed by atoms with van der Waals surface area (Å²) in [6, 6.07) is 5.91. The third-order valence-corrected chi connectivity index (χ3v) is 5.22. The Morgan fingerprint density at radius 2 is 2.29 bits per heavy atom. The van der Waals surface area contributed by atoms with Crippen LogP contribution in [0.15, 0.2) is 35.8 Å². The minimum absolute atomic E-state index is 0.0969. The summed E-state index contributed by atoms with van der Waals surface area (Å²) in [5.41, 5.74) is 0.270. The maximum absolute atomic E-state index is 13.4. The molecule has 1 aliphatic rings. The molecule has 0 radical (unpaired) electrons. The van der Waals surface area contributed by atoms with Gasteiger partial charge in [-0.3, -0.25) is 9.69 Å². The second-order valence-corrected chi connectivity index (χ2v) is 6.97. The Hall–Kier alpha value is -1.83. The van der Waals surface area contributed by atoms with E-state index in [-0.39, 0.29) is 13.0 Å². The number of hydrogen-bond acceptors (Lipinski definition) is 5. The van der Waals surface area contributed by atoms with E-state index < -0.39 is 23.3 Å². The van der Waals surface area contributed by atoms with E-state index in [9.17, 15) is 19.4 Å². The molecule has 2 N–H and O–H groups in total. The molecule has 0 bridgehead atoms. The lowest BCUT2D eigenvalue weighted by Gasteiger charge is -2.43. The second-order valence-electron chi connectivity index (χ2n) is 6.32. The van der Waals surface area contributed by atoms with Crippen LogP contribution in [0.1, 0.15) is 17.5 Å². The average Bonchev–Trinajstić information content (AvgIpc) is 3.03. The summed E-state index contributed by atoms with van der Waals surface area (Å²) >= 11 is 1.36. The zero-order valence-electron chi connectivity index (χ0n) is 13.1. The van der Waals surface area contributed by atoms with E-state index >= 15 is 0 Å². The molecule has 1 saturated heterocycles. The lowest BCUT2D eigenvalue weighted by Crippen LogP contribution is -2.56. The molecule has 7 heteroatoms. The number of aromatic nitrogens is 1. The number of rotatable bonds is 5. The fourth-order valence-electron chi connectivity index (χ4n) is 3.33. The molecule has 0 saturated carbocycles. The van der Waals surface area contributed by atoms with Crippen molar-refractivity contribution in [3.8, 4) is 0 Å². The Morgan fingerprint density at radius 1 is 1.46 bits per heavy atom. The highest BCUT2D eigenvalue weighted by Crippen LogP contribution is 2.35. The zero-order chi connectivity index (χ0) is 17.2. The number of aliphatic hydroxyl groups is 1. The summed E-state index contributed by atoms with van der Waals surface area (Å²) < 4.78 is 17.5. The molecular formula is C17H19FN2O3S. The van der Waals surface area contributed by atoms with Crippen molar-refractivity contribution < 1.29 is 19.4 Å². The fraction of sp³-hybridized carbons (Fsp3) is 0.412. The Balaban J connectivity index is 1.84. The van der Waals surface area contributed by atoms with Gasteiger partial charge in [-0.15, -0.1) is 0 Å². The van der Waals surface area contributed by atoms with E-state index in [0.29, 0.717) is 25.1 Å². The van der Waals surface area contributed by atoms with Gasteiger partial charge in [-0.05, 0) is 47.6 Å². The molecular weight excluding hydrogens is 331 g/mol. The molecule has 0 amide bonds.